The van der Waals surface area contributed by atoms with E-state index in [9.17, 15) is 0 Å². The number of imidazole rings is 1. The molecule has 3 aliphatic rings. The third-order valence-corrected chi connectivity index (χ3v) is 7.29. The molecule has 6 rings (SSSR count). The maximum absolute atomic E-state index is 6.22. The number of fused-ring (bicyclic) bond motifs is 2. The van der Waals surface area contributed by atoms with Crippen LogP contribution >= 0.6 is 0 Å². The number of rotatable bonds is 3. The van der Waals surface area contributed by atoms with Crippen LogP contribution in [0.4, 0.5) is 0 Å². The number of hydrogen-bond acceptors (Lipinski definition) is 6. The van der Waals surface area contributed by atoms with Crippen molar-refractivity contribution in [2.45, 2.75) is 58.7 Å². The molecule has 176 valence electrons. The summed E-state index contributed by atoms with van der Waals surface area (Å²) in [5, 5.41) is 0. The Labute approximate surface area is 200 Å². The number of aromatic amines is 1. The van der Waals surface area contributed by atoms with Crippen LogP contribution in [0.3, 0.4) is 0 Å². The molecule has 1 aliphatic carbocycles. The van der Waals surface area contributed by atoms with Gasteiger partial charge in [-0.1, -0.05) is 12.5 Å². The second-order valence-electron chi connectivity index (χ2n) is 9.54. The van der Waals surface area contributed by atoms with Crippen LogP contribution in [-0.2, 0) is 6.54 Å². The molecule has 0 saturated carbocycles. The molecule has 1 atom stereocenters. The zero-order valence-corrected chi connectivity index (χ0v) is 20.0. The lowest BCUT2D eigenvalue weighted by molar-refractivity contribution is 0.103. The van der Waals surface area contributed by atoms with E-state index in [0.717, 1.165) is 66.3 Å². The van der Waals surface area contributed by atoms with E-state index in [2.05, 4.69) is 62.3 Å². The molecule has 2 aliphatic heterocycles. The van der Waals surface area contributed by atoms with Crippen molar-refractivity contribution in [3.63, 3.8) is 0 Å². The van der Waals surface area contributed by atoms with Crippen molar-refractivity contribution < 1.29 is 4.74 Å². The molecular formula is C27H32N6O. The minimum absolute atomic E-state index is 0.264. The molecule has 7 heteroatoms. The molecule has 2 aromatic heterocycles. The van der Waals surface area contributed by atoms with Gasteiger partial charge in [-0.05, 0) is 68.9 Å². The van der Waals surface area contributed by atoms with Gasteiger partial charge in [0.15, 0.2) is 5.65 Å². The van der Waals surface area contributed by atoms with Gasteiger partial charge in [0.25, 0.3) is 0 Å². The minimum atomic E-state index is 0.264. The van der Waals surface area contributed by atoms with Gasteiger partial charge in [0.1, 0.15) is 24.3 Å². The first-order valence-electron chi connectivity index (χ1n) is 12.5. The Kier molecular flexibility index (Phi) is 5.57. The molecule has 0 amide bonds. The van der Waals surface area contributed by atoms with E-state index >= 15 is 0 Å². The fourth-order valence-corrected chi connectivity index (χ4v) is 5.59. The standard InChI is InChI=1S/C27H32N6O/c1-3-32-17-29-23-8-6-4-5-7-22(23)27(32)33-11-12-34-25-10-9-19(13-21(25)16-33)20-14-24-26(28-15-20)31-18(2)30-24/h9-10,13-15,17,27H,3-8,11-12,16H2,1-2H3,(H,28,30,31). The number of allylic oxidation sites excluding steroid dienone is 1. The van der Waals surface area contributed by atoms with Crippen molar-refractivity contribution >= 4 is 17.5 Å². The Morgan fingerprint density at radius 3 is 2.94 bits per heavy atom. The number of aryl methyl sites for hydroxylation is 1. The highest BCUT2D eigenvalue weighted by molar-refractivity contribution is 5.78. The number of H-pyrrole nitrogens is 1. The summed E-state index contributed by atoms with van der Waals surface area (Å²) < 4.78 is 6.22. The molecule has 0 radical (unpaired) electrons. The summed E-state index contributed by atoms with van der Waals surface area (Å²) >= 11 is 0. The van der Waals surface area contributed by atoms with Gasteiger partial charge in [0.05, 0.1) is 11.9 Å². The lowest BCUT2D eigenvalue weighted by Gasteiger charge is -2.41. The molecular weight excluding hydrogens is 424 g/mol. The van der Waals surface area contributed by atoms with Gasteiger partial charge in [0, 0.05) is 42.7 Å². The number of aromatic nitrogens is 3. The topological polar surface area (TPSA) is 69.6 Å². The number of hydrogen-bond donors (Lipinski definition) is 1. The number of ether oxygens (including phenoxy) is 1. The molecule has 1 aromatic carbocycles. The van der Waals surface area contributed by atoms with Crippen LogP contribution in [-0.4, -0.2) is 57.0 Å². The maximum atomic E-state index is 6.22. The van der Waals surface area contributed by atoms with Gasteiger partial charge in [-0.15, -0.1) is 0 Å². The van der Waals surface area contributed by atoms with Crippen LogP contribution in [0.5, 0.6) is 5.75 Å². The summed E-state index contributed by atoms with van der Waals surface area (Å²) in [6, 6.07) is 8.67. The van der Waals surface area contributed by atoms with E-state index in [0.29, 0.717) is 6.61 Å². The summed E-state index contributed by atoms with van der Waals surface area (Å²) in [6.45, 7) is 7.58. The van der Waals surface area contributed by atoms with E-state index in [1.807, 2.05) is 13.1 Å². The second kappa shape index (κ2) is 8.87. The quantitative estimate of drug-likeness (QED) is 0.598. The Morgan fingerprint density at radius 1 is 1.12 bits per heavy atom. The first-order valence-corrected chi connectivity index (χ1v) is 12.5. The molecule has 3 aromatic rings. The van der Waals surface area contributed by atoms with Crippen LogP contribution in [0.25, 0.3) is 22.3 Å². The summed E-state index contributed by atoms with van der Waals surface area (Å²) in [6.07, 6.45) is 10.3. The van der Waals surface area contributed by atoms with E-state index in [1.165, 1.54) is 36.1 Å². The monoisotopic (exact) mass is 456 g/mol. The smallest absolute Gasteiger partial charge is 0.177 e. The Balaban J connectivity index is 1.34. The zero-order chi connectivity index (χ0) is 23.1. The van der Waals surface area contributed by atoms with Crippen molar-refractivity contribution in [3.05, 3.63) is 53.1 Å². The molecule has 0 saturated heterocycles. The van der Waals surface area contributed by atoms with E-state index in [1.54, 1.807) is 0 Å². The van der Waals surface area contributed by atoms with E-state index in [4.69, 9.17) is 9.73 Å². The summed E-state index contributed by atoms with van der Waals surface area (Å²) in [7, 11) is 0. The highest BCUT2D eigenvalue weighted by atomic mass is 16.5. The van der Waals surface area contributed by atoms with Crippen molar-refractivity contribution in [3.8, 4) is 16.9 Å². The van der Waals surface area contributed by atoms with Crippen LogP contribution in [0.2, 0.25) is 0 Å². The molecule has 4 heterocycles. The molecule has 1 N–H and O–H groups in total. The van der Waals surface area contributed by atoms with Gasteiger partial charge in [-0.3, -0.25) is 4.90 Å². The van der Waals surface area contributed by atoms with Crippen LogP contribution < -0.4 is 4.74 Å². The summed E-state index contributed by atoms with van der Waals surface area (Å²) in [5.74, 6) is 1.87. The van der Waals surface area contributed by atoms with Gasteiger partial charge < -0.3 is 14.6 Å². The number of likely N-dealkylation sites (N-methyl/N-ethyl adjacent to an activating group) is 1. The fourth-order valence-electron chi connectivity index (χ4n) is 5.59. The predicted molar refractivity (Wildman–Crippen MR) is 135 cm³/mol. The SMILES string of the molecule is CCN1C=NC2=C(CCCCC2)C1N1CCOc2ccc(-c3cnc4nc(C)[nH]c4c3)cc2C1. The van der Waals surface area contributed by atoms with E-state index in [-0.39, 0.29) is 6.17 Å². The third-order valence-electron chi connectivity index (χ3n) is 7.29. The Bertz CT molecular complexity index is 1280. The number of nitrogens with one attached hydrogen (secondary N) is 1. The largest absolute Gasteiger partial charge is 0.492 e. The molecule has 0 fully saturated rings. The van der Waals surface area contributed by atoms with Crippen LogP contribution in [0.1, 0.15) is 50.4 Å². The highest BCUT2D eigenvalue weighted by Crippen LogP contribution is 2.36. The molecule has 7 nitrogen and oxygen atoms in total. The number of aliphatic imine (C=N–C) groups is 1. The fraction of sp³-hybridized carbons (Fsp3) is 0.444. The first kappa shape index (κ1) is 21.4. The predicted octanol–water partition coefficient (Wildman–Crippen LogP) is 5.04. The minimum Gasteiger partial charge on any atom is -0.492 e. The summed E-state index contributed by atoms with van der Waals surface area (Å²) in [4.78, 5) is 22.2. The highest BCUT2D eigenvalue weighted by Gasteiger charge is 2.33. The Hall–Kier alpha value is -3.19. The second-order valence-corrected chi connectivity index (χ2v) is 9.54. The van der Waals surface area contributed by atoms with Crippen LogP contribution in [0, 0.1) is 6.92 Å². The number of pyridine rings is 1. The maximum Gasteiger partial charge on any atom is 0.177 e. The van der Waals surface area contributed by atoms with Gasteiger partial charge in [0.2, 0.25) is 0 Å². The number of benzene rings is 1. The Morgan fingerprint density at radius 2 is 2.03 bits per heavy atom. The molecule has 0 spiro atoms. The van der Waals surface area contributed by atoms with Crippen molar-refractivity contribution in [2.24, 2.45) is 4.99 Å². The average Bonchev–Trinajstić information content (AvgIpc) is 3.00. The van der Waals surface area contributed by atoms with Crippen molar-refractivity contribution in [2.75, 3.05) is 19.7 Å². The van der Waals surface area contributed by atoms with Gasteiger partial charge in [-0.2, -0.15) is 0 Å². The molecule has 0 bridgehead atoms. The lowest BCUT2D eigenvalue weighted by atomic mass is 10.00. The zero-order valence-electron chi connectivity index (χ0n) is 20.0. The first-order chi connectivity index (χ1) is 16.7. The molecule has 1 unspecified atom stereocenters. The van der Waals surface area contributed by atoms with Gasteiger partial charge in [-0.25, -0.2) is 15.0 Å². The van der Waals surface area contributed by atoms with Crippen molar-refractivity contribution in [1.82, 2.24) is 24.8 Å². The molecule has 34 heavy (non-hydrogen) atoms. The van der Waals surface area contributed by atoms with Crippen LogP contribution in [0.15, 0.2) is 46.7 Å². The average molecular weight is 457 g/mol. The van der Waals surface area contributed by atoms with E-state index < -0.39 is 0 Å². The third kappa shape index (κ3) is 3.88. The van der Waals surface area contributed by atoms with Gasteiger partial charge >= 0.3 is 0 Å². The lowest BCUT2D eigenvalue weighted by Crippen LogP contribution is -2.51. The van der Waals surface area contributed by atoms with Crippen molar-refractivity contribution in [1.29, 1.82) is 0 Å². The normalized spacial score (nSPS) is 21.1. The number of nitrogens with zero attached hydrogens (tertiary/aromatic N) is 5. The summed E-state index contributed by atoms with van der Waals surface area (Å²) in [5.41, 5.74) is 8.03.